The van der Waals surface area contributed by atoms with E-state index >= 15 is 0 Å². The number of para-hydroxylation sites is 1. The van der Waals surface area contributed by atoms with E-state index < -0.39 is 7.14 Å². The summed E-state index contributed by atoms with van der Waals surface area (Å²) in [6, 6.07) is 13.2. The topological polar surface area (TPSA) is 113 Å². The van der Waals surface area contributed by atoms with Crippen molar-refractivity contribution in [1.29, 1.82) is 0 Å². The van der Waals surface area contributed by atoms with E-state index in [-0.39, 0.29) is 10.9 Å². The van der Waals surface area contributed by atoms with Crippen LogP contribution in [0.15, 0.2) is 71.1 Å². The van der Waals surface area contributed by atoms with Crippen molar-refractivity contribution in [2.24, 2.45) is 16.1 Å². The van der Waals surface area contributed by atoms with E-state index in [0.29, 0.717) is 33.7 Å². The average Bonchev–Trinajstić information content (AvgIpc) is 2.84. The Hall–Kier alpha value is -2.93. The molecule has 1 aliphatic heterocycles. The number of methoxy groups -OCH3 is 1. The van der Waals surface area contributed by atoms with Gasteiger partial charge in [-0.1, -0.05) is 43.7 Å². The minimum Gasteiger partial charge on any atom is -0.494 e. The quantitative estimate of drug-likeness (QED) is 0.142. The molecular weight excluding hydrogens is 507 g/mol. The molecule has 0 aliphatic carbocycles. The highest BCUT2D eigenvalue weighted by molar-refractivity contribution is 7.70. The van der Waals surface area contributed by atoms with Gasteiger partial charge in [0.25, 0.3) is 0 Å². The van der Waals surface area contributed by atoms with Crippen molar-refractivity contribution >= 4 is 46.9 Å². The molecular formula is C27H38ClN6O2P. The Morgan fingerprint density at radius 1 is 1.24 bits per heavy atom. The number of amidine groups is 1. The summed E-state index contributed by atoms with van der Waals surface area (Å²) in [5.74, 6) is 1.24. The van der Waals surface area contributed by atoms with E-state index in [0.717, 1.165) is 25.3 Å². The summed E-state index contributed by atoms with van der Waals surface area (Å²) in [4.78, 5) is 4.52. The summed E-state index contributed by atoms with van der Waals surface area (Å²) in [7, 11) is -0.928. The van der Waals surface area contributed by atoms with E-state index in [1.165, 1.54) is 19.0 Å². The maximum absolute atomic E-state index is 12.8. The van der Waals surface area contributed by atoms with Gasteiger partial charge in [-0.3, -0.25) is 0 Å². The van der Waals surface area contributed by atoms with Crippen molar-refractivity contribution in [3.8, 4) is 5.75 Å². The average molecular weight is 545 g/mol. The van der Waals surface area contributed by atoms with E-state index in [2.05, 4.69) is 39.8 Å². The van der Waals surface area contributed by atoms with Gasteiger partial charge in [0.2, 0.25) is 0 Å². The van der Waals surface area contributed by atoms with Crippen LogP contribution in [0.5, 0.6) is 5.75 Å². The normalized spacial score (nSPS) is 15.5. The smallest absolute Gasteiger partial charge is 0.153 e. The highest BCUT2D eigenvalue weighted by Crippen LogP contribution is 2.38. The Morgan fingerprint density at radius 2 is 1.97 bits per heavy atom. The molecule has 0 unspecified atom stereocenters. The second kappa shape index (κ2) is 12.5. The number of nitrogens with one attached hydrogen (secondary N) is 4. The SMILES string of the molecule is C=C(N=C(Nc1ccccc1P(C)(C)=O)/C(Cl)=C\N)Nc1ccc(NCC2(CCC)CNC2)cc1OC. The first-order valence-electron chi connectivity index (χ1n) is 12.3. The van der Waals surface area contributed by atoms with E-state index in [1.807, 2.05) is 42.5 Å². The van der Waals surface area contributed by atoms with E-state index in [1.54, 1.807) is 20.4 Å². The number of ether oxygens (including phenoxy) is 1. The minimum absolute atomic E-state index is 0.192. The molecule has 1 saturated heterocycles. The van der Waals surface area contributed by atoms with Crippen LogP contribution >= 0.6 is 18.7 Å². The van der Waals surface area contributed by atoms with Crippen LogP contribution in [0.3, 0.4) is 0 Å². The lowest BCUT2D eigenvalue weighted by molar-refractivity contribution is 0.168. The third kappa shape index (κ3) is 7.54. The Morgan fingerprint density at radius 3 is 2.57 bits per heavy atom. The minimum atomic E-state index is -2.55. The van der Waals surface area contributed by atoms with Crippen LogP contribution in [0, 0.1) is 5.41 Å². The van der Waals surface area contributed by atoms with Crippen LogP contribution in [0.1, 0.15) is 19.8 Å². The molecule has 2 aromatic rings. The molecule has 0 spiro atoms. The number of anilines is 3. The predicted octanol–water partition coefficient (Wildman–Crippen LogP) is 5.18. The van der Waals surface area contributed by atoms with Gasteiger partial charge in [-0.05, 0) is 44.0 Å². The first kappa shape index (κ1) is 28.6. The molecule has 0 radical (unpaired) electrons. The fraction of sp³-hybridized carbons (Fsp3) is 0.370. The fourth-order valence-electron chi connectivity index (χ4n) is 4.31. The van der Waals surface area contributed by atoms with Crippen molar-refractivity contribution in [2.45, 2.75) is 19.8 Å². The third-order valence-corrected chi connectivity index (χ3v) is 8.14. The van der Waals surface area contributed by atoms with E-state index in [9.17, 15) is 4.57 Å². The second-order valence-corrected chi connectivity index (χ2v) is 13.3. The largest absolute Gasteiger partial charge is 0.494 e. The molecule has 200 valence electrons. The molecule has 0 atom stereocenters. The molecule has 0 aromatic heterocycles. The standard InChI is InChI=1S/C27H38ClN6O2P/c1-6-13-27(16-30-17-27)18-31-20-11-12-22(24(14-20)36-3)32-19(2)33-26(21(28)15-29)34-23-9-7-8-10-25(23)37(4,5)35/h7-12,14-15,30-32H,2,6,13,16-18,29H2,1,3-5H3,(H,33,34)/b21-15+. The Kier molecular flexibility index (Phi) is 9.71. The molecule has 6 N–H and O–H groups in total. The summed E-state index contributed by atoms with van der Waals surface area (Å²) in [5.41, 5.74) is 8.31. The summed E-state index contributed by atoms with van der Waals surface area (Å²) >= 11 is 6.35. The van der Waals surface area contributed by atoms with Gasteiger partial charge in [-0.25, -0.2) is 4.99 Å². The van der Waals surface area contributed by atoms with Gasteiger partial charge in [-0.15, -0.1) is 0 Å². The van der Waals surface area contributed by atoms with E-state index in [4.69, 9.17) is 22.1 Å². The summed E-state index contributed by atoms with van der Waals surface area (Å²) in [5, 5.41) is 14.2. The third-order valence-electron chi connectivity index (χ3n) is 6.28. The molecule has 1 aliphatic rings. The van der Waals surface area contributed by atoms with Crippen LogP contribution in [0.25, 0.3) is 0 Å². The van der Waals surface area contributed by atoms with Crippen LogP contribution in [-0.2, 0) is 4.57 Å². The molecule has 2 aromatic carbocycles. The Balaban J connectivity index is 1.77. The molecule has 1 heterocycles. The van der Waals surface area contributed by atoms with Gasteiger partial charge >= 0.3 is 0 Å². The van der Waals surface area contributed by atoms with Crippen LogP contribution in [0.4, 0.5) is 17.1 Å². The van der Waals surface area contributed by atoms with Crippen molar-refractivity contribution in [3.05, 3.63) is 66.1 Å². The second-order valence-electron chi connectivity index (χ2n) is 9.66. The zero-order valence-electron chi connectivity index (χ0n) is 22.0. The number of nitrogens with zero attached hydrogens (tertiary/aromatic N) is 1. The maximum Gasteiger partial charge on any atom is 0.153 e. The number of hydrogen-bond donors (Lipinski definition) is 5. The van der Waals surface area contributed by atoms with Gasteiger partial charge in [0.1, 0.15) is 18.7 Å². The number of rotatable bonds is 12. The summed E-state index contributed by atoms with van der Waals surface area (Å²) in [6.45, 7) is 12.7. The predicted molar refractivity (Wildman–Crippen MR) is 159 cm³/mol. The van der Waals surface area contributed by atoms with Gasteiger partial charge in [0, 0.05) is 48.3 Å². The highest BCUT2D eigenvalue weighted by atomic mass is 35.5. The first-order chi connectivity index (χ1) is 17.6. The zero-order valence-corrected chi connectivity index (χ0v) is 23.7. The number of nitrogens with two attached hydrogens (primary N) is 1. The van der Waals surface area contributed by atoms with Crippen LogP contribution < -0.4 is 37.0 Å². The highest BCUT2D eigenvalue weighted by Gasteiger charge is 2.35. The molecule has 0 saturated carbocycles. The Bertz CT molecular complexity index is 1220. The molecule has 8 nitrogen and oxygen atoms in total. The number of aliphatic imine (C=N–C) groups is 1. The molecule has 10 heteroatoms. The number of hydrogen-bond acceptors (Lipinski definition) is 7. The van der Waals surface area contributed by atoms with Crippen LogP contribution in [0.2, 0.25) is 0 Å². The van der Waals surface area contributed by atoms with Crippen molar-refractivity contribution in [1.82, 2.24) is 5.32 Å². The van der Waals surface area contributed by atoms with Crippen molar-refractivity contribution < 1.29 is 9.30 Å². The maximum atomic E-state index is 12.8. The van der Waals surface area contributed by atoms with Gasteiger partial charge < -0.3 is 36.3 Å². The number of halogens is 1. The lowest BCUT2D eigenvalue weighted by Crippen LogP contribution is -2.56. The van der Waals surface area contributed by atoms with Gasteiger partial charge in [0.05, 0.1) is 23.5 Å². The van der Waals surface area contributed by atoms with Crippen molar-refractivity contribution in [3.63, 3.8) is 0 Å². The number of benzene rings is 2. The zero-order chi connectivity index (χ0) is 27.1. The lowest BCUT2D eigenvalue weighted by atomic mass is 9.77. The monoisotopic (exact) mass is 544 g/mol. The fourth-order valence-corrected chi connectivity index (χ4v) is 5.55. The van der Waals surface area contributed by atoms with Crippen LogP contribution in [-0.4, -0.2) is 45.9 Å². The van der Waals surface area contributed by atoms with Gasteiger partial charge in [-0.2, -0.15) is 0 Å². The first-order valence-corrected chi connectivity index (χ1v) is 15.3. The molecule has 1 fully saturated rings. The molecule has 37 heavy (non-hydrogen) atoms. The van der Waals surface area contributed by atoms with Crippen molar-refractivity contribution in [2.75, 3.05) is 56.0 Å². The molecule has 3 rings (SSSR count). The molecule has 0 bridgehead atoms. The Labute approximate surface area is 225 Å². The summed E-state index contributed by atoms with van der Waals surface area (Å²) in [6.07, 6.45) is 3.60. The molecule has 0 amide bonds. The van der Waals surface area contributed by atoms with Gasteiger partial charge in [0.15, 0.2) is 5.84 Å². The summed E-state index contributed by atoms with van der Waals surface area (Å²) < 4.78 is 18.4. The lowest BCUT2D eigenvalue weighted by Gasteiger charge is -2.43.